The average Bonchev–Trinajstić information content (AvgIpc) is 2.34. The molecule has 0 radical (unpaired) electrons. The van der Waals surface area contributed by atoms with E-state index in [1.165, 1.54) is 0 Å². The number of hydrogen-bond donors (Lipinski definition) is 0. The lowest BCUT2D eigenvalue weighted by Gasteiger charge is -2.15. The van der Waals surface area contributed by atoms with Crippen LogP contribution in [0.25, 0.3) is 0 Å². The SMILES string of the molecule is CCOCCOc1ccc(C(=O)C(C)(C)Br)cc1Br. The summed E-state index contributed by atoms with van der Waals surface area (Å²) in [5.74, 6) is 0.748. The van der Waals surface area contributed by atoms with E-state index in [-0.39, 0.29) is 5.78 Å². The number of ketones is 1. The van der Waals surface area contributed by atoms with Crippen LogP contribution >= 0.6 is 31.9 Å². The minimum atomic E-state index is -0.566. The quantitative estimate of drug-likeness (QED) is 0.395. The summed E-state index contributed by atoms with van der Waals surface area (Å²) in [5, 5.41) is 0. The van der Waals surface area contributed by atoms with Crippen molar-refractivity contribution in [1.29, 1.82) is 0 Å². The molecule has 0 N–H and O–H groups in total. The molecule has 0 bridgehead atoms. The summed E-state index contributed by atoms with van der Waals surface area (Å²) in [7, 11) is 0. The van der Waals surface area contributed by atoms with Gasteiger partial charge in [0.05, 0.1) is 15.4 Å². The second kappa shape index (κ2) is 7.41. The summed E-state index contributed by atoms with van der Waals surface area (Å²) in [6, 6.07) is 5.34. The van der Waals surface area contributed by atoms with Crippen molar-refractivity contribution >= 4 is 37.6 Å². The molecule has 0 atom stereocenters. The molecule has 19 heavy (non-hydrogen) atoms. The molecular formula is C14H18Br2O3. The first-order valence-corrected chi connectivity index (χ1v) is 7.68. The molecule has 1 aromatic carbocycles. The summed E-state index contributed by atoms with van der Waals surface area (Å²) in [4.78, 5) is 12.1. The molecule has 0 aliphatic carbocycles. The van der Waals surface area contributed by atoms with E-state index < -0.39 is 4.32 Å². The first-order valence-electron chi connectivity index (χ1n) is 6.10. The van der Waals surface area contributed by atoms with Crippen molar-refractivity contribution < 1.29 is 14.3 Å². The third-order valence-corrected chi connectivity index (χ3v) is 3.40. The van der Waals surface area contributed by atoms with E-state index >= 15 is 0 Å². The summed E-state index contributed by atoms with van der Waals surface area (Å²) in [5.41, 5.74) is 0.644. The van der Waals surface area contributed by atoms with Gasteiger partial charge >= 0.3 is 0 Å². The summed E-state index contributed by atoms with van der Waals surface area (Å²) < 4.78 is 11.0. The second-order valence-corrected chi connectivity index (χ2v) is 7.33. The Labute approximate surface area is 130 Å². The number of Topliss-reactive ketones (excluding diaryl/α,β-unsaturated/α-hetero) is 1. The Bertz CT molecular complexity index is 439. The highest BCUT2D eigenvalue weighted by Crippen LogP contribution is 2.29. The predicted octanol–water partition coefficient (Wildman–Crippen LogP) is 4.22. The highest BCUT2D eigenvalue weighted by atomic mass is 79.9. The van der Waals surface area contributed by atoms with Crippen LogP contribution in [0.5, 0.6) is 5.75 Å². The smallest absolute Gasteiger partial charge is 0.178 e. The topological polar surface area (TPSA) is 35.5 Å². The minimum Gasteiger partial charge on any atom is -0.490 e. The third-order valence-electron chi connectivity index (χ3n) is 2.42. The number of halogens is 2. The Morgan fingerprint density at radius 2 is 2.00 bits per heavy atom. The van der Waals surface area contributed by atoms with Crippen molar-refractivity contribution in [2.45, 2.75) is 25.1 Å². The first kappa shape index (κ1) is 16.7. The average molecular weight is 394 g/mol. The van der Waals surface area contributed by atoms with E-state index in [1.54, 1.807) is 18.2 Å². The molecule has 106 valence electrons. The summed E-state index contributed by atoms with van der Waals surface area (Å²) in [6.45, 7) is 7.32. The van der Waals surface area contributed by atoms with E-state index in [1.807, 2.05) is 20.8 Å². The first-order chi connectivity index (χ1) is 8.86. The van der Waals surface area contributed by atoms with Crippen molar-refractivity contribution in [2.24, 2.45) is 0 Å². The molecule has 0 fully saturated rings. The fourth-order valence-electron chi connectivity index (χ4n) is 1.46. The van der Waals surface area contributed by atoms with Crippen LogP contribution in [0, 0.1) is 0 Å². The second-order valence-electron chi connectivity index (χ2n) is 4.49. The van der Waals surface area contributed by atoms with E-state index in [9.17, 15) is 4.79 Å². The van der Waals surface area contributed by atoms with Gasteiger partial charge in [0.25, 0.3) is 0 Å². The molecule has 0 saturated heterocycles. The lowest BCUT2D eigenvalue weighted by Crippen LogP contribution is -2.24. The van der Waals surface area contributed by atoms with E-state index in [2.05, 4.69) is 31.9 Å². The van der Waals surface area contributed by atoms with Gasteiger partial charge in [0, 0.05) is 12.2 Å². The van der Waals surface area contributed by atoms with Gasteiger partial charge in [-0.15, -0.1) is 0 Å². The molecule has 0 heterocycles. The number of carbonyl (C=O) groups excluding carboxylic acids is 1. The fraction of sp³-hybridized carbons (Fsp3) is 0.500. The number of carbonyl (C=O) groups is 1. The van der Waals surface area contributed by atoms with Gasteiger partial charge in [0.2, 0.25) is 0 Å². The highest BCUT2D eigenvalue weighted by molar-refractivity contribution is 9.10. The van der Waals surface area contributed by atoms with E-state index in [0.717, 1.165) is 4.47 Å². The van der Waals surface area contributed by atoms with Gasteiger partial charge in [0.1, 0.15) is 12.4 Å². The Hall–Kier alpha value is -0.390. The molecule has 0 aliphatic heterocycles. The number of rotatable bonds is 7. The van der Waals surface area contributed by atoms with E-state index in [0.29, 0.717) is 31.1 Å². The zero-order valence-corrected chi connectivity index (χ0v) is 14.5. The van der Waals surface area contributed by atoms with Crippen LogP contribution in [0.3, 0.4) is 0 Å². The van der Waals surface area contributed by atoms with Crippen LogP contribution in [0.15, 0.2) is 22.7 Å². The molecule has 1 rings (SSSR count). The zero-order chi connectivity index (χ0) is 14.5. The van der Waals surface area contributed by atoms with Gasteiger partial charge in [-0.1, -0.05) is 15.9 Å². The largest absolute Gasteiger partial charge is 0.490 e. The van der Waals surface area contributed by atoms with Gasteiger partial charge in [-0.05, 0) is 54.9 Å². The molecule has 0 spiro atoms. The number of alkyl halides is 1. The number of ether oxygens (including phenoxy) is 2. The van der Waals surface area contributed by atoms with Crippen molar-refractivity contribution in [3.05, 3.63) is 28.2 Å². The summed E-state index contributed by atoms with van der Waals surface area (Å²) in [6.07, 6.45) is 0. The fourth-order valence-corrected chi connectivity index (χ4v) is 2.18. The Morgan fingerprint density at radius 3 is 2.53 bits per heavy atom. The third kappa shape index (κ3) is 5.24. The van der Waals surface area contributed by atoms with Crippen LogP contribution < -0.4 is 4.74 Å². The van der Waals surface area contributed by atoms with Crippen LogP contribution in [0.2, 0.25) is 0 Å². The molecule has 1 aromatic rings. The predicted molar refractivity (Wildman–Crippen MR) is 83.5 cm³/mol. The van der Waals surface area contributed by atoms with Gasteiger partial charge in [0.15, 0.2) is 5.78 Å². The van der Waals surface area contributed by atoms with Gasteiger partial charge in [-0.3, -0.25) is 4.79 Å². The maximum absolute atomic E-state index is 12.1. The standard InChI is InChI=1S/C14H18Br2O3/c1-4-18-7-8-19-12-6-5-10(9-11(12)15)13(17)14(2,3)16/h5-6,9H,4,7-8H2,1-3H3. The molecule has 0 saturated carbocycles. The monoisotopic (exact) mass is 392 g/mol. The van der Waals surface area contributed by atoms with Crippen LogP contribution in [0.1, 0.15) is 31.1 Å². The number of benzene rings is 1. The van der Waals surface area contributed by atoms with Crippen molar-refractivity contribution in [1.82, 2.24) is 0 Å². The maximum atomic E-state index is 12.1. The maximum Gasteiger partial charge on any atom is 0.178 e. The summed E-state index contributed by atoms with van der Waals surface area (Å²) >= 11 is 6.79. The van der Waals surface area contributed by atoms with Crippen molar-refractivity contribution in [3.8, 4) is 5.75 Å². The lowest BCUT2D eigenvalue weighted by atomic mass is 10.0. The van der Waals surface area contributed by atoms with Crippen LogP contribution in [-0.2, 0) is 4.74 Å². The molecule has 0 unspecified atom stereocenters. The minimum absolute atomic E-state index is 0.0362. The molecule has 0 aliphatic rings. The normalized spacial score (nSPS) is 11.4. The molecular weight excluding hydrogens is 376 g/mol. The highest BCUT2D eigenvalue weighted by Gasteiger charge is 2.25. The molecule has 0 aromatic heterocycles. The van der Waals surface area contributed by atoms with Crippen molar-refractivity contribution in [2.75, 3.05) is 19.8 Å². The van der Waals surface area contributed by atoms with Crippen molar-refractivity contribution in [3.63, 3.8) is 0 Å². The van der Waals surface area contributed by atoms with E-state index in [4.69, 9.17) is 9.47 Å². The lowest BCUT2D eigenvalue weighted by molar-refractivity contribution is 0.0960. The molecule has 3 nitrogen and oxygen atoms in total. The molecule has 5 heteroatoms. The number of hydrogen-bond acceptors (Lipinski definition) is 3. The van der Waals surface area contributed by atoms with Crippen LogP contribution in [-0.4, -0.2) is 29.9 Å². The Balaban J connectivity index is 2.72. The van der Waals surface area contributed by atoms with Gasteiger partial charge in [-0.2, -0.15) is 0 Å². The molecule has 0 amide bonds. The van der Waals surface area contributed by atoms with Gasteiger partial charge in [-0.25, -0.2) is 0 Å². The zero-order valence-electron chi connectivity index (χ0n) is 11.3. The Morgan fingerprint density at radius 1 is 1.32 bits per heavy atom. The Kier molecular flexibility index (Phi) is 6.50. The van der Waals surface area contributed by atoms with Gasteiger partial charge < -0.3 is 9.47 Å². The van der Waals surface area contributed by atoms with Crippen LogP contribution in [0.4, 0.5) is 0 Å².